The Morgan fingerprint density at radius 3 is 2.50 bits per heavy atom. The number of nitrogens with zero attached hydrogens (tertiary/aromatic N) is 1. The van der Waals surface area contributed by atoms with E-state index in [1.165, 1.54) is 16.7 Å². The molecule has 0 amide bonds. The minimum absolute atomic E-state index is 0.832. The summed E-state index contributed by atoms with van der Waals surface area (Å²) in [4.78, 5) is 2.41. The Labute approximate surface area is 66.3 Å². The summed E-state index contributed by atoms with van der Waals surface area (Å²) in [5.74, 6) is 0. The van der Waals surface area contributed by atoms with Crippen LogP contribution in [-0.2, 0) is 0 Å². The Morgan fingerprint density at radius 1 is 1.70 bits per heavy atom. The molecular formula is C7H14FNS. The summed E-state index contributed by atoms with van der Waals surface area (Å²) in [6, 6.07) is 0. The van der Waals surface area contributed by atoms with Crippen molar-refractivity contribution in [3.63, 3.8) is 0 Å². The third-order valence-electron chi connectivity index (χ3n) is 1.06. The zero-order valence-electron chi connectivity index (χ0n) is 6.72. The Bertz CT molecular complexity index is 114. The molecule has 0 fully saturated rings. The highest BCUT2D eigenvalue weighted by Crippen LogP contribution is 2.24. The second-order valence-electron chi connectivity index (χ2n) is 2.27. The maximum absolute atomic E-state index is 12.8. The van der Waals surface area contributed by atoms with Crippen LogP contribution in [-0.4, -0.2) is 24.6 Å². The van der Waals surface area contributed by atoms with E-state index in [-0.39, 0.29) is 0 Å². The monoisotopic (exact) mass is 163 g/mol. The van der Waals surface area contributed by atoms with Crippen LogP contribution in [0.3, 0.4) is 0 Å². The molecule has 0 heterocycles. The molecule has 0 saturated carbocycles. The van der Waals surface area contributed by atoms with Crippen LogP contribution in [0.15, 0.2) is 11.5 Å². The van der Waals surface area contributed by atoms with Gasteiger partial charge in [-0.2, -0.15) is 0 Å². The van der Waals surface area contributed by atoms with Crippen LogP contribution in [0, 0.1) is 0 Å². The summed E-state index contributed by atoms with van der Waals surface area (Å²) in [7, 11) is 3.42. The lowest BCUT2D eigenvalue weighted by Crippen LogP contribution is -2.19. The molecule has 0 aliphatic heterocycles. The molecule has 0 aliphatic carbocycles. The number of rotatable bonds is 4. The third-order valence-corrected chi connectivity index (χ3v) is 2.30. The topological polar surface area (TPSA) is 3.24 Å². The van der Waals surface area contributed by atoms with E-state index < -0.39 is 5.63 Å². The molecule has 0 radical (unpaired) electrons. The molecule has 10 heavy (non-hydrogen) atoms. The van der Waals surface area contributed by atoms with E-state index in [1.54, 1.807) is 14.1 Å². The van der Waals surface area contributed by atoms with Crippen LogP contribution in [0.4, 0.5) is 4.39 Å². The zero-order chi connectivity index (χ0) is 8.15. The lowest BCUT2D eigenvalue weighted by atomic mass is 10.5. The van der Waals surface area contributed by atoms with Gasteiger partial charge in [0.1, 0.15) is 0 Å². The average molecular weight is 163 g/mol. The Morgan fingerprint density at radius 2 is 2.20 bits per heavy atom. The Balaban J connectivity index is 3.57. The first-order chi connectivity index (χ1) is 4.57. The van der Waals surface area contributed by atoms with Gasteiger partial charge in [0.05, 0.1) is 0 Å². The summed E-state index contributed by atoms with van der Waals surface area (Å²) in [6.07, 6.45) is 0.832. The van der Waals surface area contributed by atoms with Crippen molar-refractivity contribution in [1.29, 1.82) is 0 Å². The van der Waals surface area contributed by atoms with E-state index in [2.05, 4.69) is 6.58 Å². The van der Waals surface area contributed by atoms with Gasteiger partial charge in [-0.05, 0) is 25.4 Å². The molecule has 1 atom stereocenters. The first kappa shape index (κ1) is 9.98. The summed E-state index contributed by atoms with van der Waals surface area (Å²) >= 11 is 1.17. The van der Waals surface area contributed by atoms with E-state index in [9.17, 15) is 4.39 Å². The van der Waals surface area contributed by atoms with Gasteiger partial charge in [-0.25, -0.2) is 4.39 Å². The van der Waals surface area contributed by atoms with Gasteiger partial charge in [0, 0.05) is 0 Å². The number of allylic oxidation sites excluding steroid dienone is 1. The maximum atomic E-state index is 12.8. The van der Waals surface area contributed by atoms with Crippen LogP contribution in [0.25, 0.3) is 0 Å². The Kier molecular flexibility index (Phi) is 4.73. The van der Waals surface area contributed by atoms with E-state index in [0.717, 1.165) is 11.3 Å². The Hall–Kier alpha value is -0.0200. The highest BCUT2D eigenvalue weighted by Gasteiger charge is 2.09. The second-order valence-corrected chi connectivity index (χ2v) is 3.47. The number of hydrogen-bond acceptors (Lipinski definition) is 2. The SMILES string of the molecule is C=C(CC)SC(F)N(C)C. The van der Waals surface area contributed by atoms with Crippen LogP contribution in [0.1, 0.15) is 13.3 Å². The van der Waals surface area contributed by atoms with Crippen molar-refractivity contribution in [2.75, 3.05) is 14.1 Å². The van der Waals surface area contributed by atoms with Crippen molar-refractivity contribution in [3.05, 3.63) is 11.5 Å². The fraction of sp³-hybridized carbons (Fsp3) is 0.714. The van der Waals surface area contributed by atoms with Gasteiger partial charge < -0.3 is 0 Å². The molecule has 0 aliphatic rings. The highest BCUT2D eigenvalue weighted by atomic mass is 32.2. The van der Waals surface area contributed by atoms with Gasteiger partial charge in [-0.15, -0.1) is 0 Å². The molecule has 0 N–H and O–H groups in total. The van der Waals surface area contributed by atoms with Gasteiger partial charge in [0.2, 0.25) is 5.63 Å². The minimum atomic E-state index is -0.951. The van der Waals surface area contributed by atoms with Crippen molar-refractivity contribution in [2.45, 2.75) is 19.0 Å². The smallest absolute Gasteiger partial charge is 0.204 e. The average Bonchev–Trinajstić information content (AvgIpc) is 1.87. The quantitative estimate of drug-likeness (QED) is 0.462. The number of thioether (sulfide) groups is 1. The standard InChI is InChI=1S/C7H14FNS/c1-5-6(2)10-7(8)9(3)4/h7H,2,5H2,1,3-4H3. The van der Waals surface area contributed by atoms with Crippen LogP contribution < -0.4 is 0 Å². The van der Waals surface area contributed by atoms with Crippen LogP contribution in [0.5, 0.6) is 0 Å². The molecule has 0 aromatic rings. The van der Waals surface area contributed by atoms with E-state index >= 15 is 0 Å². The molecule has 0 rings (SSSR count). The van der Waals surface area contributed by atoms with E-state index in [1.807, 2.05) is 6.92 Å². The lowest BCUT2D eigenvalue weighted by molar-refractivity contribution is 0.229. The van der Waals surface area contributed by atoms with Gasteiger partial charge in [0.25, 0.3) is 0 Å². The van der Waals surface area contributed by atoms with E-state index in [0.29, 0.717) is 0 Å². The maximum Gasteiger partial charge on any atom is 0.204 e. The molecule has 1 nitrogen and oxygen atoms in total. The third kappa shape index (κ3) is 3.90. The van der Waals surface area contributed by atoms with Crippen LogP contribution >= 0.6 is 11.8 Å². The predicted octanol–water partition coefficient (Wildman–Crippen LogP) is 2.46. The first-order valence-electron chi connectivity index (χ1n) is 3.22. The van der Waals surface area contributed by atoms with Crippen molar-refractivity contribution in [3.8, 4) is 0 Å². The molecule has 60 valence electrons. The predicted molar refractivity (Wildman–Crippen MR) is 45.6 cm³/mol. The lowest BCUT2D eigenvalue weighted by Gasteiger charge is -2.15. The molecule has 0 spiro atoms. The number of alkyl halides is 1. The molecule has 0 aromatic heterocycles. The fourth-order valence-corrected chi connectivity index (χ4v) is 0.979. The molecule has 0 bridgehead atoms. The number of halogens is 1. The summed E-state index contributed by atoms with van der Waals surface area (Å²) in [5.41, 5.74) is -0.951. The summed E-state index contributed by atoms with van der Waals surface area (Å²) in [6.45, 7) is 5.66. The van der Waals surface area contributed by atoms with Crippen LogP contribution in [0.2, 0.25) is 0 Å². The number of hydrogen-bond donors (Lipinski definition) is 0. The van der Waals surface area contributed by atoms with Gasteiger partial charge in [-0.1, -0.05) is 25.3 Å². The van der Waals surface area contributed by atoms with Crippen molar-refractivity contribution < 1.29 is 4.39 Å². The first-order valence-corrected chi connectivity index (χ1v) is 4.10. The van der Waals surface area contributed by atoms with Crippen molar-refractivity contribution in [2.24, 2.45) is 0 Å². The summed E-state index contributed by atoms with van der Waals surface area (Å²) in [5, 5.41) is 0. The fourth-order valence-electron chi connectivity index (χ4n) is 0.326. The second kappa shape index (κ2) is 4.74. The van der Waals surface area contributed by atoms with Crippen molar-refractivity contribution in [1.82, 2.24) is 4.90 Å². The normalized spacial score (nSPS) is 13.7. The molecule has 0 saturated heterocycles. The van der Waals surface area contributed by atoms with Crippen molar-refractivity contribution >= 4 is 11.8 Å². The largest absolute Gasteiger partial charge is 0.271 e. The van der Waals surface area contributed by atoms with Gasteiger partial charge in [-0.3, -0.25) is 4.90 Å². The highest BCUT2D eigenvalue weighted by molar-refractivity contribution is 8.03. The molecule has 3 heteroatoms. The van der Waals surface area contributed by atoms with E-state index in [4.69, 9.17) is 0 Å². The molecule has 1 unspecified atom stereocenters. The van der Waals surface area contributed by atoms with Gasteiger partial charge >= 0.3 is 0 Å². The summed E-state index contributed by atoms with van der Waals surface area (Å²) < 4.78 is 12.8. The zero-order valence-corrected chi connectivity index (χ0v) is 7.54. The molecular weight excluding hydrogens is 149 g/mol. The van der Waals surface area contributed by atoms with Gasteiger partial charge in [0.15, 0.2) is 0 Å². The molecule has 0 aromatic carbocycles. The minimum Gasteiger partial charge on any atom is -0.271 e.